The zero-order valence-corrected chi connectivity index (χ0v) is 17.3. The lowest BCUT2D eigenvalue weighted by Gasteiger charge is -2.63. The summed E-state index contributed by atoms with van der Waals surface area (Å²) < 4.78 is 0. The second-order valence-electron chi connectivity index (χ2n) is 10.8. The van der Waals surface area contributed by atoms with Crippen LogP contribution >= 0.6 is 0 Å². The second-order valence-corrected chi connectivity index (χ2v) is 10.8. The number of hydrogen-bond acceptors (Lipinski definition) is 2. The normalized spacial score (nSPS) is 54.8. The Kier molecular flexibility index (Phi) is 4.27. The van der Waals surface area contributed by atoms with Gasteiger partial charge in [0, 0.05) is 18.8 Å². The van der Waals surface area contributed by atoms with Crippen molar-refractivity contribution in [1.29, 1.82) is 0 Å². The Balaban J connectivity index is 1.67. The van der Waals surface area contributed by atoms with E-state index >= 15 is 0 Å². The Labute approximate surface area is 159 Å². The van der Waals surface area contributed by atoms with Gasteiger partial charge in [-0.15, -0.1) is 6.58 Å². The van der Waals surface area contributed by atoms with Crippen LogP contribution in [-0.4, -0.2) is 16.5 Å². The summed E-state index contributed by atoms with van der Waals surface area (Å²) in [6.07, 6.45) is 10.5. The third kappa shape index (κ3) is 2.17. The fourth-order valence-electron chi connectivity index (χ4n) is 8.47. The van der Waals surface area contributed by atoms with Crippen molar-refractivity contribution in [1.82, 2.24) is 0 Å². The highest BCUT2D eigenvalue weighted by molar-refractivity contribution is 5.80. The second kappa shape index (κ2) is 5.93. The fraction of sp³-hybridized carbons (Fsp3) is 0.875. The number of ketones is 1. The third-order valence-corrected chi connectivity index (χ3v) is 10.4. The molecule has 0 spiro atoms. The van der Waals surface area contributed by atoms with Crippen LogP contribution in [-0.2, 0) is 4.79 Å². The van der Waals surface area contributed by atoms with Gasteiger partial charge in [-0.05, 0) is 78.9 Å². The Morgan fingerprint density at radius 1 is 1.12 bits per heavy atom. The van der Waals surface area contributed by atoms with Crippen molar-refractivity contribution in [2.75, 3.05) is 0 Å². The summed E-state index contributed by atoms with van der Waals surface area (Å²) in [5.41, 5.74) is -0.238. The molecule has 9 atom stereocenters. The summed E-state index contributed by atoms with van der Waals surface area (Å²) in [6, 6.07) is 0. The molecule has 0 amide bonds. The van der Waals surface area contributed by atoms with Crippen LogP contribution in [0, 0.1) is 46.3 Å². The monoisotopic (exact) mass is 358 g/mol. The fourth-order valence-corrected chi connectivity index (χ4v) is 8.47. The van der Waals surface area contributed by atoms with Crippen molar-refractivity contribution in [2.45, 2.75) is 84.7 Å². The van der Waals surface area contributed by atoms with Gasteiger partial charge in [-0.1, -0.05) is 33.8 Å². The summed E-state index contributed by atoms with van der Waals surface area (Å²) in [5, 5.41) is 11.7. The average molecular weight is 359 g/mol. The zero-order valence-electron chi connectivity index (χ0n) is 17.3. The molecule has 4 unspecified atom stereocenters. The number of hydrogen-bond donors (Lipinski definition) is 1. The molecule has 1 N–H and O–H groups in total. The maximum Gasteiger partial charge on any atom is 0.133 e. The van der Waals surface area contributed by atoms with Crippen LogP contribution in [0.15, 0.2) is 12.7 Å². The lowest BCUT2D eigenvalue weighted by atomic mass is 9.42. The number of carbonyl (C=O) groups excluding carboxylic acids is 1. The van der Waals surface area contributed by atoms with Crippen LogP contribution in [0.25, 0.3) is 0 Å². The van der Waals surface area contributed by atoms with Crippen LogP contribution in [0.2, 0.25) is 0 Å². The molecular formula is C24H38O2. The molecule has 4 aliphatic carbocycles. The Morgan fingerprint density at radius 3 is 2.50 bits per heavy atom. The number of carbonyl (C=O) groups is 1. The van der Waals surface area contributed by atoms with E-state index in [1.54, 1.807) is 0 Å². The molecule has 0 heterocycles. The smallest absolute Gasteiger partial charge is 0.133 e. The molecule has 2 heteroatoms. The van der Waals surface area contributed by atoms with Gasteiger partial charge < -0.3 is 5.11 Å². The minimum absolute atomic E-state index is 0.0265. The summed E-state index contributed by atoms with van der Waals surface area (Å²) >= 11 is 0. The van der Waals surface area contributed by atoms with Crippen LogP contribution in [0.3, 0.4) is 0 Å². The van der Waals surface area contributed by atoms with Gasteiger partial charge in [-0.2, -0.15) is 0 Å². The maximum absolute atomic E-state index is 12.2. The molecule has 4 fully saturated rings. The van der Waals surface area contributed by atoms with E-state index in [2.05, 4.69) is 34.3 Å². The van der Waals surface area contributed by atoms with E-state index in [0.717, 1.165) is 37.5 Å². The average Bonchev–Trinajstić information content (AvgIpc) is 2.88. The highest BCUT2D eigenvalue weighted by Gasteiger charge is 2.66. The minimum atomic E-state index is -0.587. The molecular weight excluding hydrogens is 320 g/mol. The van der Waals surface area contributed by atoms with Gasteiger partial charge in [0.2, 0.25) is 0 Å². The van der Waals surface area contributed by atoms with Crippen molar-refractivity contribution in [3.8, 4) is 0 Å². The van der Waals surface area contributed by atoms with Gasteiger partial charge in [0.1, 0.15) is 5.78 Å². The van der Waals surface area contributed by atoms with Crippen LogP contribution in [0.5, 0.6) is 0 Å². The Morgan fingerprint density at radius 2 is 1.81 bits per heavy atom. The Hall–Kier alpha value is -0.630. The highest BCUT2D eigenvalue weighted by Crippen LogP contribution is 2.69. The van der Waals surface area contributed by atoms with Crippen molar-refractivity contribution in [3.63, 3.8) is 0 Å². The van der Waals surface area contributed by atoms with Gasteiger partial charge in [-0.3, -0.25) is 4.79 Å². The Bertz CT molecular complexity index is 611. The summed E-state index contributed by atoms with van der Waals surface area (Å²) in [5.74, 6) is 3.87. The SMILES string of the molecule is C=CC(C)C1(O)CC[C@H]2[C@@H]3CCC4CC(=O)CC(C)[C@]4(C)[C@@H]3CC[C@@]21C. The van der Waals surface area contributed by atoms with Crippen LogP contribution < -0.4 is 0 Å². The zero-order chi connectivity index (χ0) is 18.9. The number of Topliss-reactive ketones (excluding diaryl/α,β-unsaturated/α-hetero) is 1. The van der Waals surface area contributed by atoms with Crippen molar-refractivity contribution < 1.29 is 9.90 Å². The topological polar surface area (TPSA) is 37.3 Å². The minimum Gasteiger partial charge on any atom is -0.389 e. The van der Waals surface area contributed by atoms with Gasteiger partial charge >= 0.3 is 0 Å². The van der Waals surface area contributed by atoms with Gasteiger partial charge in [-0.25, -0.2) is 0 Å². The molecule has 0 saturated heterocycles. The van der Waals surface area contributed by atoms with Crippen LogP contribution in [0.4, 0.5) is 0 Å². The molecule has 4 saturated carbocycles. The third-order valence-electron chi connectivity index (χ3n) is 10.4. The molecule has 0 aromatic heterocycles. The van der Waals surface area contributed by atoms with Crippen molar-refractivity contribution in [2.24, 2.45) is 46.3 Å². The summed E-state index contributed by atoms with van der Waals surface area (Å²) in [6.45, 7) is 13.4. The highest BCUT2D eigenvalue weighted by atomic mass is 16.3. The first-order valence-electron chi connectivity index (χ1n) is 11.0. The largest absolute Gasteiger partial charge is 0.389 e. The van der Waals surface area contributed by atoms with Gasteiger partial charge in [0.05, 0.1) is 5.60 Å². The lowest BCUT2D eigenvalue weighted by Crippen LogP contribution is -2.59. The molecule has 0 aromatic rings. The standard InChI is InChI=1S/C24H38O2/c1-6-15(2)24(26)12-10-20-19-8-7-17-14-18(25)13-16(3)23(17,5)21(19)9-11-22(20,24)4/h6,15-17,19-21,26H,1,7-14H2,2-5H3/t15?,16?,17?,19-,20-,21+,22-,23-,24?/m0/s1. The first-order chi connectivity index (χ1) is 12.2. The predicted octanol–water partition coefficient (Wildman–Crippen LogP) is 5.40. The van der Waals surface area contributed by atoms with E-state index in [0.29, 0.717) is 29.0 Å². The van der Waals surface area contributed by atoms with E-state index in [9.17, 15) is 9.90 Å². The first-order valence-corrected chi connectivity index (χ1v) is 11.0. The molecule has 26 heavy (non-hydrogen) atoms. The summed E-state index contributed by atoms with van der Waals surface area (Å²) in [4.78, 5) is 12.2. The molecule has 146 valence electrons. The number of aliphatic hydroxyl groups is 1. The predicted molar refractivity (Wildman–Crippen MR) is 106 cm³/mol. The summed E-state index contributed by atoms with van der Waals surface area (Å²) in [7, 11) is 0. The van der Waals surface area contributed by atoms with E-state index in [-0.39, 0.29) is 11.3 Å². The molecule has 0 radical (unpaired) electrons. The van der Waals surface area contributed by atoms with E-state index < -0.39 is 5.60 Å². The van der Waals surface area contributed by atoms with E-state index in [1.165, 1.54) is 25.7 Å². The number of fused-ring (bicyclic) bond motifs is 5. The van der Waals surface area contributed by atoms with Gasteiger partial charge in [0.15, 0.2) is 0 Å². The van der Waals surface area contributed by atoms with E-state index in [1.807, 2.05) is 6.08 Å². The van der Waals surface area contributed by atoms with Crippen molar-refractivity contribution in [3.05, 3.63) is 12.7 Å². The molecule has 4 rings (SSSR count). The molecule has 2 nitrogen and oxygen atoms in total. The number of rotatable bonds is 2. The van der Waals surface area contributed by atoms with Crippen molar-refractivity contribution >= 4 is 5.78 Å². The molecule has 0 aliphatic heterocycles. The molecule has 4 aliphatic rings. The van der Waals surface area contributed by atoms with Gasteiger partial charge in [0.25, 0.3) is 0 Å². The lowest BCUT2D eigenvalue weighted by molar-refractivity contribution is -0.174. The van der Waals surface area contributed by atoms with E-state index in [4.69, 9.17) is 0 Å². The van der Waals surface area contributed by atoms with Crippen LogP contribution in [0.1, 0.15) is 79.1 Å². The molecule has 0 bridgehead atoms. The first kappa shape index (κ1) is 18.7. The quantitative estimate of drug-likeness (QED) is 0.671. The molecule has 0 aromatic carbocycles. The maximum atomic E-state index is 12.2.